The van der Waals surface area contributed by atoms with Crippen LogP contribution in [0.2, 0.25) is 0 Å². The Balaban J connectivity index is 2.11. The van der Waals surface area contributed by atoms with Gasteiger partial charge in [-0.2, -0.15) is 0 Å². The van der Waals surface area contributed by atoms with Gasteiger partial charge in [0.2, 0.25) is 5.91 Å². The number of amides is 1. The van der Waals surface area contributed by atoms with Gasteiger partial charge in [0.05, 0.1) is 0 Å². The summed E-state index contributed by atoms with van der Waals surface area (Å²) in [5.41, 5.74) is 7.38. The maximum atomic E-state index is 11.9. The zero-order valence-electron chi connectivity index (χ0n) is 10.5. The fourth-order valence-electron chi connectivity index (χ4n) is 2.43. The summed E-state index contributed by atoms with van der Waals surface area (Å²) in [7, 11) is 0. The second-order valence-electron chi connectivity index (χ2n) is 5.08. The molecular weight excluding hydrogens is 212 g/mol. The van der Waals surface area contributed by atoms with E-state index in [1.807, 2.05) is 36.9 Å². The molecule has 1 fully saturated rings. The smallest absolute Gasteiger partial charge is 0.225 e. The van der Waals surface area contributed by atoms with Gasteiger partial charge in [-0.15, -0.1) is 0 Å². The normalized spacial score (nSPS) is 24.4. The second kappa shape index (κ2) is 4.88. The number of benzene rings is 1. The maximum absolute atomic E-state index is 11.9. The first kappa shape index (κ1) is 12.1. The molecule has 0 unspecified atom stereocenters. The monoisotopic (exact) mass is 232 g/mol. The van der Waals surface area contributed by atoms with Crippen molar-refractivity contribution in [3.05, 3.63) is 35.9 Å². The molecule has 0 saturated carbocycles. The van der Waals surface area contributed by atoms with E-state index in [2.05, 4.69) is 12.1 Å². The van der Waals surface area contributed by atoms with Crippen LogP contribution in [0.25, 0.3) is 0 Å². The summed E-state index contributed by atoms with van der Waals surface area (Å²) in [6.45, 7) is 5.30. The first-order valence-corrected chi connectivity index (χ1v) is 6.19. The van der Waals surface area contributed by atoms with E-state index in [1.54, 1.807) is 0 Å². The van der Waals surface area contributed by atoms with Crippen molar-refractivity contribution in [2.75, 3.05) is 13.1 Å². The Bertz CT molecular complexity index is 388. The van der Waals surface area contributed by atoms with Crippen molar-refractivity contribution in [2.24, 2.45) is 11.7 Å². The highest BCUT2D eigenvalue weighted by Gasteiger charge is 2.34. The molecule has 1 aromatic carbocycles. The van der Waals surface area contributed by atoms with E-state index >= 15 is 0 Å². The van der Waals surface area contributed by atoms with Gasteiger partial charge in [-0.3, -0.25) is 4.79 Å². The van der Waals surface area contributed by atoms with Gasteiger partial charge < -0.3 is 10.6 Å². The lowest BCUT2D eigenvalue weighted by molar-refractivity contribution is -0.133. The van der Waals surface area contributed by atoms with Crippen LogP contribution in [0.1, 0.15) is 25.3 Å². The van der Waals surface area contributed by atoms with E-state index in [0.29, 0.717) is 6.54 Å². The Hall–Kier alpha value is -1.35. The number of hydrogen-bond donors (Lipinski definition) is 1. The SMILES string of the molecule is CC(C)C(=O)N1C[C@@H](N)[C@H](c2ccccc2)C1. The van der Waals surface area contributed by atoms with E-state index in [0.717, 1.165) is 6.54 Å². The van der Waals surface area contributed by atoms with Crippen molar-refractivity contribution in [1.29, 1.82) is 0 Å². The first-order valence-electron chi connectivity index (χ1n) is 6.19. The van der Waals surface area contributed by atoms with Gasteiger partial charge in [0.15, 0.2) is 0 Å². The zero-order valence-corrected chi connectivity index (χ0v) is 10.5. The molecule has 3 heteroatoms. The first-order chi connectivity index (χ1) is 8.09. The molecule has 0 bridgehead atoms. The molecule has 2 atom stereocenters. The minimum Gasteiger partial charge on any atom is -0.340 e. The molecular formula is C14H20N2O. The molecule has 1 heterocycles. The minimum absolute atomic E-state index is 0.0525. The van der Waals surface area contributed by atoms with Crippen LogP contribution < -0.4 is 5.73 Å². The van der Waals surface area contributed by atoms with Gasteiger partial charge in [0, 0.05) is 31.0 Å². The number of nitrogens with two attached hydrogens (primary N) is 1. The largest absolute Gasteiger partial charge is 0.340 e. The fraction of sp³-hybridized carbons (Fsp3) is 0.500. The molecule has 0 aromatic heterocycles. The number of carbonyl (C=O) groups excluding carboxylic acids is 1. The third kappa shape index (κ3) is 2.50. The van der Waals surface area contributed by atoms with Gasteiger partial charge in [0.25, 0.3) is 0 Å². The quantitative estimate of drug-likeness (QED) is 0.841. The topological polar surface area (TPSA) is 46.3 Å². The van der Waals surface area contributed by atoms with Crippen molar-refractivity contribution in [3.8, 4) is 0 Å². The highest BCUT2D eigenvalue weighted by atomic mass is 16.2. The number of rotatable bonds is 2. The number of likely N-dealkylation sites (tertiary alicyclic amines) is 1. The highest BCUT2D eigenvalue weighted by Crippen LogP contribution is 2.27. The lowest BCUT2D eigenvalue weighted by atomic mass is 9.95. The van der Waals surface area contributed by atoms with E-state index in [9.17, 15) is 4.79 Å². The summed E-state index contributed by atoms with van der Waals surface area (Å²) in [5.74, 6) is 0.537. The summed E-state index contributed by atoms with van der Waals surface area (Å²) < 4.78 is 0. The van der Waals surface area contributed by atoms with Crippen LogP contribution in [0.15, 0.2) is 30.3 Å². The molecule has 0 spiro atoms. The van der Waals surface area contributed by atoms with Gasteiger partial charge in [0.1, 0.15) is 0 Å². The van der Waals surface area contributed by atoms with Crippen molar-refractivity contribution >= 4 is 5.91 Å². The number of hydrogen-bond acceptors (Lipinski definition) is 2. The average Bonchev–Trinajstić information content (AvgIpc) is 2.71. The van der Waals surface area contributed by atoms with E-state index in [1.165, 1.54) is 5.56 Å². The minimum atomic E-state index is 0.0525. The molecule has 1 amide bonds. The van der Waals surface area contributed by atoms with E-state index in [-0.39, 0.29) is 23.8 Å². The predicted molar refractivity (Wildman–Crippen MR) is 68.6 cm³/mol. The Morgan fingerprint density at radius 2 is 1.94 bits per heavy atom. The fourth-order valence-corrected chi connectivity index (χ4v) is 2.43. The molecule has 0 radical (unpaired) electrons. The van der Waals surface area contributed by atoms with Crippen LogP contribution in [0, 0.1) is 5.92 Å². The molecule has 0 aliphatic carbocycles. The Morgan fingerprint density at radius 1 is 1.29 bits per heavy atom. The molecule has 2 rings (SSSR count). The number of nitrogens with zero attached hydrogens (tertiary/aromatic N) is 1. The molecule has 1 aliphatic heterocycles. The average molecular weight is 232 g/mol. The molecule has 17 heavy (non-hydrogen) atoms. The van der Waals surface area contributed by atoms with Crippen LogP contribution >= 0.6 is 0 Å². The second-order valence-corrected chi connectivity index (χ2v) is 5.08. The third-order valence-electron chi connectivity index (χ3n) is 3.40. The summed E-state index contributed by atoms with van der Waals surface area (Å²) in [6.07, 6.45) is 0. The zero-order chi connectivity index (χ0) is 12.4. The van der Waals surface area contributed by atoms with Gasteiger partial charge >= 0.3 is 0 Å². The lowest BCUT2D eigenvalue weighted by Gasteiger charge is -2.18. The number of carbonyl (C=O) groups is 1. The Kier molecular flexibility index (Phi) is 3.48. The summed E-state index contributed by atoms with van der Waals surface area (Å²) in [4.78, 5) is 13.8. The van der Waals surface area contributed by atoms with Crippen LogP contribution in [-0.4, -0.2) is 29.9 Å². The molecule has 1 aliphatic rings. The molecule has 92 valence electrons. The summed E-state index contributed by atoms with van der Waals surface area (Å²) in [6, 6.07) is 10.3. The van der Waals surface area contributed by atoms with Crippen LogP contribution in [0.5, 0.6) is 0 Å². The van der Waals surface area contributed by atoms with E-state index < -0.39 is 0 Å². The third-order valence-corrected chi connectivity index (χ3v) is 3.40. The van der Waals surface area contributed by atoms with Crippen LogP contribution in [0.3, 0.4) is 0 Å². The van der Waals surface area contributed by atoms with Crippen molar-refractivity contribution in [1.82, 2.24) is 4.90 Å². The van der Waals surface area contributed by atoms with Crippen LogP contribution in [-0.2, 0) is 4.79 Å². The highest BCUT2D eigenvalue weighted by molar-refractivity contribution is 5.78. The van der Waals surface area contributed by atoms with Gasteiger partial charge in [-0.1, -0.05) is 44.2 Å². The summed E-state index contributed by atoms with van der Waals surface area (Å²) in [5, 5.41) is 0. The van der Waals surface area contributed by atoms with Gasteiger partial charge in [-0.25, -0.2) is 0 Å². The van der Waals surface area contributed by atoms with Crippen LogP contribution in [0.4, 0.5) is 0 Å². The Labute approximate surface area is 103 Å². The molecule has 1 saturated heterocycles. The molecule has 1 aromatic rings. The van der Waals surface area contributed by atoms with Crippen molar-refractivity contribution in [2.45, 2.75) is 25.8 Å². The maximum Gasteiger partial charge on any atom is 0.225 e. The predicted octanol–water partition coefficient (Wildman–Crippen LogP) is 1.60. The van der Waals surface area contributed by atoms with Crippen molar-refractivity contribution in [3.63, 3.8) is 0 Å². The molecule has 3 nitrogen and oxygen atoms in total. The van der Waals surface area contributed by atoms with E-state index in [4.69, 9.17) is 5.73 Å². The summed E-state index contributed by atoms with van der Waals surface area (Å²) >= 11 is 0. The van der Waals surface area contributed by atoms with Crippen molar-refractivity contribution < 1.29 is 4.79 Å². The lowest BCUT2D eigenvalue weighted by Crippen LogP contribution is -2.34. The Morgan fingerprint density at radius 3 is 2.53 bits per heavy atom. The van der Waals surface area contributed by atoms with Gasteiger partial charge in [-0.05, 0) is 5.56 Å². The molecule has 2 N–H and O–H groups in total. The standard InChI is InChI=1S/C14H20N2O/c1-10(2)14(17)16-8-12(13(15)9-16)11-6-4-3-5-7-11/h3-7,10,12-13H,8-9,15H2,1-2H3/t12-,13+/m0/s1.